The lowest BCUT2D eigenvalue weighted by Crippen LogP contribution is -2.19. The third kappa shape index (κ3) is 5.55. The lowest BCUT2D eigenvalue weighted by Gasteiger charge is -2.12. The summed E-state index contributed by atoms with van der Waals surface area (Å²) < 4.78 is 66.4. The number of nitrogen functional groups attached to an aromatic ring is 1. The topological polar surface area (TPSA) is 81.4 Å². The summed E-state index contributed by atoms with van der Waals surface area (Å²) in [6.45, 7) is 0. The van der Waals surface area contributed by atoms with Crippen LogP contribution >= 0.6 is 0 Å². The number of ether oxygens (including phenoxy) is 1. The summed E-state index contributed by atoms with van der Waals surface area (Å²) in [4.78, 5) is 0. The Hall–Kier alpha value is -1.64. The van der Waals surface area contributed by atoms with Gasteiger partial charge in [-0.3, -0.25) is 4.72 Å². The second-order valence-electron chi connectivity index (χ2n) is 4.10. The number of anilines is 2. The van der Waals surface area contributed by atoms with E-state index in [1.807, 2.05) is 0 Å². The van der Waals surface area contributed by atoms with E-state index in [1.54, 1.807) is 0 Å². The van der Waals surface area contributed by atoms with E-state index in [4.69, 9.17) is 10.5 Å². The molecular weight excluding hydrogens is 297 g/mol. The number of alkyl halides is 3. The number of hydrogen-bond donors (Lipinski definition) is 2. The molecule has 9 heteroatoms. The van der Waals surface area contributed by atoms with Gasteiger partial charge in [-0.1, -0.05) is 0 Å². The van der Waals surface area contributed by atoms with Gasteiger partial charge in [0, 0.05) is 18.2 Å². The van der Waals surface area contributed by atoms with E-state index in [0.29, 0.717) is 5.69 Å². The minimum Gasteiger partial charge on any atom is -0.494 e. The molecule has 0 spiro atoms. The molecule has 3 N–H and O–H groups in total. The molecule has 0 unspecified atom stereocenters. The maximum atomic E-state index is 12.0. The fraction of sp³-hybridized carbons (Fsp3) is 0.455. The van der Waals surface area contributed by atoms with Crippen LogP contribution in [0.15, 0.2) is 18.2 Å². The number of rotatable bonds is 6. The molecule has 0 fully saturated rings. The highest BCUT2D eigenvalue weighted by molar-refractivity contribution is 7.92. The van der Waals surface area contributed by atoms with Gasteiger partial charge < -0.3 is 10.5 Å². The van der Waals surface area contributed by atoms with E-state index < -0.39 is 34.8 Å². The molecule has 0 aliphatic heterocycles. The SMILES string of the molecule is COc1cc(N)ccc1NS(=O)(=O)CCCC(F)(F)F. The van der Waals surface area contributed by atoms with Crippen LogP contribution in [0.2, 0.25) is 0 Å². The molecule has 114 valence electrons. The van der Waals surface area contributed by atoms with Gasteiger partial charge >= 0.3 is 6.18 Å². The van der Waals surface area contributed by atoms with Crippen LogP contribution in [0.25, 0.3) is 0 Å². The lowest BCUT2D eigenvalue weighted by atomic mass is 10.2. The molecule has 0 aliphatic rings. The quantitative estimate of drug-likeness (QED) is 0.790. The Morgan fingerprint density at radius 1 is 1.35 bits per heavy atom. The largest absolute Gasteiger partial charge is 0.494 e. The molecule has 0 aliphatic carbocycles. The highest BCUT2D eigenvalue weighted by atomic mass is 32.2. The van der Waals surface area contributed by atoms with Crippen molar-refractivity contribution in [1.82, 2.24) is 0 Å². The summed E-state index contributed by atoms with van der Waals surface area (Å²) in [5, 5.41) is 0. The Bertz CT molecular complexity index is 559. The number of hydrogen-bond acceptors (Lipinski definition) is 4. The molecule has 1 rings (SSSR count). The highest BCUT2D eigenvalue weighted by Gasteiger charge is 2.27. The second-order valence-corrected chi connectivity index (χ2v) is 5.94. The maximum absolute atomic E-state index is 12.0. The van der Waals surface area contributed by atoms with Gasteiger partial charge in [-0.05, 0) is 18.6 Å². The first-order valence-electron chi connectivity index (χ1n) is 5.64. The molecule has 0 atom stereocenters. The number of sulfonamides is 1. The molecule has 5 nitrogen and oxygen atoms in total. The first-order valence-corrected chi connectivity index (χ1v) is 7.29. The van der Waals surface area contributed by atoms with E-state index in [1.165, 1.54) is 25.3 Å². The zero-order valence-electron chi connectivity index (χ0n) is 10.7. The Labute approximate surface area is 115 Å². The minimum atomic E-state index is -4.37. The van der Waals surface area contributed by atoms with Crippen LogP contribution in [0, 0.1) is 0 Å². The third-order valence-electron chi connectivity index (χ3n) is 2.36. The number of benzene rings is 1. The van der Waals surface area contributed by atoms with Crippen molar-refractivity contribution in [1.29, 1.82) is 0 Å². The zero-order valence-corrected chi connectivity index (χ0v) is 11.5. The van der Waals surface area contributed by atoms with Gasteiger partial charge in [0.25, 0.3) is 0 Å². The molecule has 0 aromatic heterocycles. The van der Waals surface area contributed by atoms with E-state index in [2.05, 4.69) is 4.72 Å². The number of methoxy groups -OCH3 is 1. The molecule has 20 heavy (non-hydrogen) atoms. The Morgan fingerprint density at radius 3 is 2.55 bits per heavy atom. The van der Waals surface area contributed by atoms with E-state index in [0.717, 1.165) is 0 Å². The Kier molecular flexibility index (Phi) is 5.09. The number of nitrogens with two attached hydrogens (primary N) is 1. The van der Waals surface area contributed by atoms with Crippen LogP contribution in [0.5, 0.6) is 5.75 Å². The summed E-state index contributed by atoms with van der Waals surface area (Å²) in [6, 6.07) is 4.25. The van der Waals surface area contributed by atoms with E-state index >= 15 is 0 Å². The van der Waals surface area contributed by atoms with E-state index in [-0.39, 0.29) is 11.4 Å². The molecular formula is C11H15F3N2O3S. The number of nitrogens with one attached hydrogen (secondary N) is 1. The normalized spacial score (nSPS) is 12.2. The molecule has 0 bridgehead atoms. The van der Waals surface area contributed by atoms with Gasteiger partial charge in [-0.25, -0.2) is 8.42 Å². The third-order valence-corrected chi connectivity index (χ3v) is 3.72. The first kappa shape index (κ1) is 16.4. The average molecular weight is 312 g/mol. The first-order chi connectivity index (χ1) is 9.13. The fourth-order valence-electron chi connectivity index (χ4n) is 1.47. The van der Waals surface area contributed by atoms with Gasteiger partial charge in [0.2, 0.25) is 10.0 Å². The molecule has 1 aromatic carbocycles. The lowest BCUT2D eigenvalue weighted by molar-refractivity contribution is -0.134. The Balaban J connectivity index is 2.71. The molecule has 1 aromatic rings. The van der Waals surface area contributed by atoms with Crippen molar-refractivity contribution in [3.8, 4) is 5.75 Å². The van der Waals surface area contributed by atoms with Gasteiger partial charge in [-0.2, -0.15) is 13.2 Å². The summed E-state index contributed by atoms with van der Waals surface area (Å²) in [5.74, 6) is -0.426. The maximum Gasteiger partial charge on any atom is 0.389 e. The van der Waals surface area contributed by atoms with Crippen LogP contribution in [-0.4, -0.2) is 27.5 Å². The number of halogens is 3. The van der Waals surface area contributed by atoms with Crippen LogP contribution in [0.1, 0.15) is 12.8 Å². The predicted molar refractivity (Wildman–Crippen MR) is 70.1 cm³/mol. The monoisotopic (exact) mass is 312 g/mol. The molecule has 0 saturated heterocycles. The minimum absolute atomic E-state index is 0.133. The molecule has 0 heterocycles. The van der Waals surface area contributed by atoms with Gasteiger partial charge in [0.1, 0.15) is 5.75 Å². The second kappa shape index (κ2) is 6.21. The van der Waals surface area contributed by atoms with Crippen molar-refractivity contribution in [2.24, 2.45) is 0 Å². The van der Waals surface area contributed by atoms with Crippen LogP contribution in [0.4, 0.5) is 24.5 Å². The van der Waals surface area contributed by atoms with Crippen LogP contribution in [-0.2, 0) is 10.0 Å². The zero-order chi connectivity index (χ0) is 15.4. The van der Waals surface area contributed by atoms with Crippen molar-refractivity contribution in [3.05, 3.63) is 18.2 Å². The molecule has 0 saturated carbocycles. The van der Waals surface area contributed by atoms with Crippen LogP contribution in [0.3, 0.4) is 0 Å². The van der Waals surface area contributed by atoms with Gasteiger partial charge in [0.15, 0.2) is 0 Å². The van der Waals surface area contributed by atoms with Crippen molar-refractivity contribution >= 4 is 21.4 Å². The average Bonchev–Trinajstić information content (AvgIpc) is 2.29. The highest BCUT2D eigenvalue weighted by Crippen LogP contribution is 2.28. The van der Waals surface area contributed by atoms with Gasteiger partial charge in [0.05, 0.1) is 18.6 Å². The van der Waals surface area contributed by atoms with Gasteiger partial charge in [-0.15, -0.1) is 0 Å². The molecule has 0 amide bonds. The van der Waals surface area contributed by atoms with E-state index in [9.17, 15) is 21.6 Å². The Morgan fingerprint density at radius 2 is 2.00 bits per heavy atom. The standard InChI is InChI=1S/C11H15F3N2O3S/c1-19-10-7-8(15)3-4-9(10)16-20(17,18)6-2-5-11(12,13)14/h3-4,7,16H,2,5-6,15H2,1H3. The van der Waals surface area contributed by atoms with Crippen molar-refractivity contribution in [2.75, 3.05) is 23.3 Å². The summed E-state index contributed by atoms with van der Waals surface area (Å²) in [7, 11) is -2.54. The predicted octanol–water partition coefficient (Wildman–Crippen LogP) is 2.36. The van der Waals surface area contributed by atoms with Crippen LogP contribution < -0.4 is 15.2 Å². The fourth-order valence-corrected chi connectivity index (χ4v) is 2.60. The summed E-state index contributed by atoms with van der Waals surface area (Å²) in [6.07, 6.45) is -6.02. The van der Waals surface area contributed by atoms with Crippen molar-refractivity contribution in [3.63, 3.8) is 0 Å². The summed E-state index contributed by atoms with van der Waals surface area (Å²) >= 11 is 0. The van der Waals surface area contributed by atoms with Crippen molar-refractivity contribution < 1.29 is 26.3 Å². The smallest absolute Gasteiger partial charge is 0.389 e. The molecule has 0 radical (unpaired) electrons. The summed E-state index contributed by atoms with van der Waals surface area (Å²) in [5.41, 5.74) is 6.02. The van der Waals surface area contributed by atoms with Crippen molar-refractivity contribution in [2.45, 2.75) is 19.0 Å².